The Morgan fingerprint density at radius 1 is 0.759 bits per heavy atom. The van der Waals surface area contributed by atoms with Crippen LogP contribution in [0.2, 0.25) is 0 Å². The van der Waals surface area contributed by atoms with E-state index in [1.54, 1.807) is 0 Å². The number of hydrogen-bond donors (Lipinski definition) is 0. The highest BCUT2D eigenvalue weighted by molar-refractivity contribution is 5.50. The highest BCUT2D eigenvalue weighted by atomic mass is 15.2. The summed E-state index contributed by atoms with van der Waals surface area (Å²) in [5, 5.41) is 0. The number of likely N-dealkylation sites (tertiary alicyclic amines) is 1. The van der Waals surface area contributed by atoms with E-state index in [1.807, 2.05) is 0 Å². The van der Waals surface area contributed by atoms with Crippen LogP contribution in [0, 0.1) is 0 Å². The van der Waals surface area contributed by atoms with Gasteiger partial charge in [-0.2, -0.15) is 0 Å². The zero-order chi connectivity index (χ0) is 19.5. The van der Waals surface area contributed by atoms with Gasteiger partial charge in [-0.05, 0) is 61.1 Å². The Labute approximate surface area is 174 Å². The first-order valence-corrected chi connectivity index (χ1v) is 11.0. The molecular formula is C27H30N2. The first kappa shape index (κ1) is 18.4. The number of anilines is 1. The van der Waals surface area contributed by atoms with Crippen LogP contribution in [0.25, 0.3) is 0 Å². The van der Waals surface area contributed by atoms with Gasteiger partial charge in [0.25, 0.3) is 0 Å². The van der Waals surface area contributed by atoms with E-state index < -0.39 is 0 Å². The Bertz CT molecular complexity index is 897. The second-order valence-corrected chi connectivity index (χ2v) is 8.57. The average Bonchev–Trinajstić information content (AvgIpc) is 3.40. The van der Waals surface area contributed by atoms with Crippen molar-refractivity contribution in [3.8, 4) is 0 Å². The molecule has 0 bridgehead atoms. The van der Waals surface area contributed by atoms with E-state index >= 15 is 0 Å². The Hall–Kier alpha value is -2.58. The molecule has 2 heteroatoms. The van der Waals surface area contributed by atoms with Crippen molar-refractivity contribution < 1.29 is 0 Å². The SMILES string of the molecule is c1ccc(CN2CCCC2CN(c2ccccc2)C2Cc3ccccc3C2)cc1. The van der Waals surface area contributed by atoms with Gasteiger partial charge in [0.05, 0.1) is 0 Å². The van der Waals surface area contributed by atoms with Crippen LogP contribution in [0.15, 0.2) is 84.9 Å². The normalized spacial score (nSPS) is 19.4. The van der Waals surface area contributed by atoms with E-state index in [2.05, 4.69) is 94.7 Å². The molecule has 3 aromatic rings. The minimum absolute atomic E-state index is 0.564. The topological polar surface area (TPSA) is 6.48 Å². The van der Waals surface area contributed by atoms with Gasteiger partial charge in [0.2, 0.25) is 0 Å². The maximum Gasteiger partial charge on any atom is 0.0371 e. The maximum absolute atomic E-state index is 2.70. The molecule has 29 heavy (non-hydrogen) atoms. The molecule has 1 aliphatic heterocycles. The summed E-state index contributed by atoms with van der Waals surface area (Å²) in [6.45, 7) is 3.40. The van der Waals surface area contributed by atoms with E-state index in [4.69, 9.17) is 0 Å². The third kappa shape index (κ3) is 4.09. The fraction of sp³-hybridized carbons (Fsp3) is 0.333. The van der Waals surface area contributed by atoms with Gasteiger partial charge in [-0.25, -0.2) is 0 Å². The Morgan fingerprint density at radius 3 is 2.07 bits per heavy atom. The van der Waals surface area contributed by atoms with Gasteiger partial charge in [0, 0.05) is 30.9 Å². The van der Waals surface area contributed by atoms with Crippen molar-refractivity contribution in [3.63, 3.8) is 0 Å². The quantitative estimate of drug-likeness (QED) is 0.569. The molecule has 1 heterocycles. The average molecular weight is 383 g/mol. The Kier molecular flexibility index (Phi) is 5.36. The van der Waals surface area contributed by atoms with Crippen molar-refractivity contribution in [3.05, 3.63) is 102 Å². The molecule has 1 aliphatic carbocycles. The maximum atomic E-state index is 2.70. The molecule has 3 aromatic carbocycles. The lowest BCUT2D eigenvalue weighted by Gasteiger charge is -2.36. The summed E-state index contributed by atoms with van der Waals surface area (Å²) in [4.78, 5) is 5.40. The first-order valence-electron chi connectivity index (χ1n) is 11.0. The summed E-state index contributed by atoms with van der Waals surface area (Å²) in [5.41, 5.74) is 5.87. The van der Waals surface area contributed by atoms with Gasteiger partial charge in [0.15, 0.2) is 0 Å². The fourth-order valence-corrected chi connectivity index (χ4v) is 5.20. The zero-order valence-electron chi connectivity index (χ0n) is 17.1. The summed E-state index contributed by atoms with van der Waals surface area (Å²) < 4.78 is 0. The first-order chi connectivity index (χ1) is 14.4. The predicted octanol–water partition coefficient (Wildman–Crippen LogP) is 5.33. The van der Waals surface area contributed by atoms with Crippen LogP contribution >= 0.6 is 0 Å². The second kappa shape index (κ2) is 8.42. The molecule has 0 radical (unpaired) electrons. The lowest BCUT2D eigenvalue weighted by atomic mass is 10.1. The molecule has 0 saturated carbocycles. The second-order valence-electron chi connectivity index (χ2n) is 8.57. The number of nitrogens with zero attached hydrogens (tertiary/aromatic N) is 2. The van der Waals surface area contributed by atoms with E-state index in [0.29, 0.717) is 12.1 Å². The van der Waals surface area contributed by atoms with Gasteiger partial charge in [-0.3, -0.25) is 4.90 Å². The third-order valence-corrected chi connectivity index (χ3v) is 6.69. The van der Waals surface area contributed by atoms with E-state index in [0.717, 1.165) is 25.9 Å². The largest absolute Gasteiger partial charge is 0.366 e. The molecule has 1 fully saturated rings. The predicted molar refractivity (Wildman–Crippen MR) is 121 cm³/mol. The number of fused-ring (bicyclic) bond motifs is 1. The fourth-order valence-electron chi connectivity index (χ4n) is 5.20. The number of rotatable bonds is 6. The lowest BCUT2D eigenvalue weighted by molar-refractivity contribution is 0.244. The smallest absolute Gasteiger partial charge is 0.0371 e. The van der Waals surface area contributed by atoms with E-state index in [-0.39, 0.29) is 0 Å². The van der Waals surface area contributed by atoms with Crippen molar-refractivity contribution >= 4 is 5.69 Å². The minimum atomic E-state index is 0.564. The van der Waals surface area contributed by atoms with E-state index in [9.17, 15) is 0 Å². The van der Waals surface area contributed by atoms with Crippen LogP contribution in [0.5, 0.6) is 0 Å². The Morgan fingerprint density at radius 2 is 1.38 bits per heavy atom. The third-order valence-electron chi connectivity index (χ3n) is 6.69. The van der Waals surface area contributed by atoms with Crippen molar-refractivity contribution in [1.82, 2.24) is 4.90 Å². The standard InChI is InChI=1S/C27H30N2/c1-3-10-22(11-4-1)20-28-17-9-16-26(28)21-29(25-14-5-2-6-15-25)27-18-23-12-7-8-13-24(23)19-27/h1-8,10-15,26-27H,9,16-21H2. The van der Waals surface area contributed by atoms with Gasteiger partial charge < -0.3 is 4.90 Å². The number of benzene rings is 3. The minimum Gasteiger partial charge on any atom is -0.366 e. The molecule has 2 nitrogen and oxygen atoms in total. The van der Waals surface area contributed by atoms with Crippen LogP contribution < -0.4 is 4.90 Å². The lowest BCUT2D eigenvalue weighted by Crippen LogP contribution is -2.45. The molecule has 0 spiro atoms. The molecule has 5 rings (SSSR count). The van der Waals surface area contributed by atoms with Gasteiger partial charge in [0.1, 0.15) is 0 Å². The highest BCUT2D eigenvalue weighted by Gasteiger charge is 2.32. The van der Waals surface area contributed by atoms with Crippen LogP contribution in [0.3, 0.4) is 0 Å². The van der Waals surface area contributed by atoms with Gasteiger partial charge in [-0.15, -0.1) is 0 Å². The van der Waals surface area contributed by atoms with Crippen molar-refractivity contribution in [2.75, 3.05) is 18.0 Å². The molecule has 148 valence electrons. The molecule has 1 atom stereocenters. The van der Waals surface area contributed by atoms with Crippen molar-refractivity contribution in [2.24, 2.45) is 0 Å². The molecular weight excluding hydrogens is 352 g/mol. The summed E-state index contributed by atoms with van der Waals surface area (Å²) in [6, 6.07) is 32.2. The number of hydrogen-bond acceptors (Lipinski definition) is 2. The molecule has 0 N–H and O–H groups in total. The van der Waals surface area contributed by atoms with E-state index in [1.165, 1.54) is 41.8 Å². The molecule has 1 saturated heterocycles. The molecule has 1 unspecified atom stereocenters. The summed E-state index contributed by atoms with van der Waals surface area (Å²) in [5.74, 6) is 0. The molecule has 0 amide bonds. The molecule has 0 aromatic heterocycles. The summed E-state index contributed by atoms with van der Waals surface area (Å²) in [6.07, 6.45) is 4.94. The zero-order valence-corrected chi connectivity index (χ0v) is 17.1. The van der Waals surface area contributed by atoms with Crippen LogP contribution in [0.4, 0.5) is 5.69 Å². The molecule has 2 aliphatic rings. The van der Waals surface area contributed by atoms with Gasteiger partial charge in [-0.1, -0.05) is 72.8 Å². The van der Waals surface area contributed by atoms with Crippen LogP contribution in [-0.4, -0.2) is 30.1 Å². The van der Waals surface area contributed by atoms with Crippen LogP contribution in [0.1, 0.15) is 29.5 Å². The van der Waals surface area contributed by atoms with Crippen LogP contribution in [-0.2, 0) is 19.4 Å². The van der Waals surface area contributed by atoms with Gasteiger partial charge >= 0.3 is 0 Å². The summed E-state index contributed by atoms with van der Waals surface area (Å²) in [7, 11) is 0. The number of para-hydroxylation sites is 1. The summed E-state index contributed by atoms with van der Waals surface area (Å²) >= 11 is 0. The highest BCUT2D eigenvalue weighted by Crippen LogP contribution is 2.31. The monoisotopic (exact) mass is 382 g/mol. The van der Waals surface area contributed by atoms with Crippen molar-refractivity contribution in [1.29, 1.82) is 0 Å². The Balaban J connectivity index is 1.36. The van der Waals surface area contributed by atoms with Crippen molar-refractivity contribution in [2.45, 2.75) is 44.3 Å².